The Balaban J connectivity index is 2.03. The minimum atomic E-state index is -0.598. The maximum atomic E-state index is 12.9. The molecule has 7 nitrogen and oxygen atoms in total. The topological polar surface area (TPSA) is 86.1 Å². The van der Waals surface area contributed by atoms with E-state index in [9.17, 15) is 14.0 Å². The van der Waals surface area contributed by atoms with Gasteiger partial charge in [0.05, 0.1) is 30.8 Å². The zero-order valence-corrected chi connectivity index (χ0v) is 10.5. The third kappa shape index (κ3) is 3.37. The highest BCUT2D eigenvalue weighted by molar-refractivity contribution is 6.03. The van der Waals surface area contributed by atoms with Gasteiger partial charge in [-0.1, -0.05) is 0 Å². The molecule has 8 heteroatoms. The lowest BCUT2D eigenvalue weighted by atomic mass is 10.2. The molecule has 0 saturated carbocycles. The predicted molar refractivity (Wildman–Crippen MR) is 66.4 cm³/mol. The van der Waals surface area contributed by atoms with Crippen LogP contribution in [-0.4, -0.2) is 33.8 Å². The second-order valence-corrected chi connectivity index (χ2v) is 3.85. The van der Waals surface area contributed by atoms with E-state index >= 15 is 0 Å². The smallest absolute Gasteiger partial charge is 0.327 e. The summed E-state index contributed by atoms with van der Waals surface area (Å²) in [5.74, 6) is -1.58. The van der Waals surface area contributed by atoms with Crippen molar-refractivity contribution in [1.82, 2.24) is 14.8 Å². The van der Waals surface area contributed by atoms with Crippen LogP contribution in [0.3, 0.4) is 0 Å². The summed E-state index contributed by atoms with van der Waals surface area (Å²) in [6.45, 7) is -0.0616. The Labute approximate surface area is 113 Å². The molecule has 20 heavy (non-hydrogen) atoms. The van der Waals surface area contributed by atoms with Crippen LogP contribution < -0.4 is 5.32 Å². The van der Waals surface area contributed by atoms with Crippen LogP contribution in [0.4, 0.5) is 10.1 Å². The molecule has 0 aliphatic rings. The maximum Gasteiger partial charge on any atom is 0.327 e. The quantitative estimate of drug-likeness (QED) is 0.838. The lowest BCUT2D eigenvalue weighted by Crippen LogP contribution is -2.13. The highest BCUT2D eigenvalue weighted by Crippen LogP contribution is 2.08. The average molecular weight is 278 g/mol. The number of aromatic nitrogens is 3. The fraction of sp³-hybridized carbons (Fsp3) is 0.167. The number of pyridine rings is 1. The molecule has 2 heterocycles. The summed E-state index contributed by atoms with van der Waals surface area (Å²) in [4.78, 5) is 26.4. The number of amides is 1. The van der Waals surface area contributed by atoms with E-state index in [2.05, 4.69) is 20.1 Å². The van der Waals surface area contributed by atoms with Gasteiger partial charge in [0.15, 0.2) is 0 Å². The van der Waals surface area contributed by atoms with Gasteiger partial charge in [-0.05, 0) is 6.07 Å². The van der Waals surface area contributed by atoms with Gasteiger partial charge in [0.2, 0.25) is 0 Å². The number of anilines is 1. The van der Waals surface area contributed by atoms with E-state index in [0.29, 0.717) is 5.69 Å². The summed E-state index contributed by atoms with van der Waals surface area (Å²) in [6, 6.07) is 1.07. The molecule has 1 amide bonds. The highest BCUT2D eigenvalue weighted by atomic mass is 19.1. The van der Waals surface area contributed by atoms with Crippen LogP contribution >= 0.6 is 0 Å². The zero-order valence-electron chi connectivity index (χ0n) is 10.5. The standard InChI is InChI=1S/C12H11FN4O3/c1-20-11(18)7-17-6-10(5-15-17)16-12(19)8-2-9(13)4-14-3-8/h2-6H,7H2,1H3,(H,16,19). The number of halogens is 1. The van der Waals surface area contributed by atoms with E-state index in [1.165, 1.54) is 30.4 Å². The Kier molecular flexibility index (Phi) is 4.04. The van der Waals surface area contributed by atoms with Crippen molar-refractivity contribution in [3.8, 4) is 0 Å². The van der Waals surface area contributed by atoms with Crippen LogP contribution in [0.2, 0.25) is 0 Å². The number of nitrogens with one attached hydrogen (secondary N) is 1. The molecule has 2 rings (SSSR count). The first kappa shape index (κ1) is 13.7. The third-order valence-electron chi connectivity index (χ3n) is 2.38. The largest absolute Gasteiger partial charge is 0.468 e. The number of methoxy groups -OCH3 is 1. The van der Waals surface area contributed by atoms with Crippen LogP contribution in [0.5, 0.6) is 0 Å². The maximum absolute atomic E-state index is 12.9. The minimum absolute atomic E-state index is 0.0616. The van der Waals surface area contributed by atoms with Crippen molar-refractivity contribution in [3.63, 3.8) is 0 Å². The molecule has 104 valence electrons. The Bertz CT molecular complexity index is 641. The number of hydrogen-bond acceptors (Lipinski definition) is 5. The first-order chi connectivity index (χ1) is 9.58. The van der Waals surface area contributed by atoms with Gasteiger partial charge in [-0.3, -0.25) is 19.3 Å². The van der Waals surface area contributed by atoms with Crippen LogP contribution in [0.15, 0.2) is 30.9 Å². The number of nitrogens with zero attached hydrogens (tertiary/aromatic N) is 3. The van der Waals surface area contributed by atoms with Crippen molar-refractivity contribution < 1.29 is 18.7 Å². The van der Waals surface area contributed by atoms with Crippen molar-refractivity contribution in [1.29, 1.82) is 0 Å². The van der Waals surface area contributed by atoms with Crippen LogP contribution in [-0.2, 0) is 16.1 Å². The van der Waals surface area contributed by atoms with Gasteiger partial charge in [-0.15, -0.1) is 0 Å². The van der Waals surface area contributed by atoms with Gasteiger partial charge in [0.1, 0.15) is 12.4 Å². The van der Waals surface area contributed by atoms with E-state index in [1.807, 2.05) is 0 Å². The molecule has 0 saturated heterocycles. The fourth-order valence-electron chi connectivity index (χ4n) is 1.45. The average Bonchev–Trinajstić information content (AvgIpc) is 2.85. The molecule has 0 atom stereocenters. The molecule has 0 fully saturated rings. The Morgan fingerprint density at radius 1 is 1.40 bits per heavy atom. The Hall–Kier alpha value is -2.77. The molecular weight excluding hydrogens is 267 g/mol. The van der Waals surface area contributed by atoms with Gasteiger partial charge in [0.25, 0.3) is 5.91 Å². The number of carbonyl (C=O) groups excluding carboxylic acids is 2. The van der Waals surface area contributed by atoms with Crippen LogP contribution in [0, 0.1) is 5.82 Å². The number of esters is 1. The molecule has 2 aromatic heterocycles. The summed E-state index contributed by atoms with van der Waals surface area (Å²) < 4.78 is 18.7. The van der Waals surface area contributed by atoms with Crippen molar-refractivity contribution in [2.45, 2.75) is 6.54 Å². The van der Waals surface area contributed by atoms with E-state index in [0.717, 1.165) is 12.3 Å². The molecule has 0 aromatic carbocycles. The Morgan fingerprint density at radius 3 is 2.90 bits per heavy atom. The molecule has 0 aliphatic heterocycles. The van der Waals surface area contributed by atoms with Crippen molar-refractivity contribution in [3.05, 3.63) is 42.2 Å². The van der Waals surface area contributed by atoms with Crippen LogP contribution in [0.25, 0.3) is 0 Å². The second kappa shape index (κ2) is 5.91. The molecule has 0 spiro atoms. The minimum Gasteiger partial charge on any atom is -0.468 e. The summed E-state index contributed by atoms with van der Waals surface area (Å²) in [5.41, 5.74) is 0.467. The number of rotatable bonds is 4. The van der Waals surface area contributed by atoms with Crippen molar-refractivity contribution >= 4 is 17.6 Å². The number of carbonyl (C=O) groups is 2. The summed E-state index contributed by atoms with van der Waals surface area (Å²) >= 11 is 0. The van der Waals surface area contributed by atoms with Crippen LogP contribution in [0.1, 0.15) is 10.4 Å². The molecule has 0 unspecified atom stereocenters. The summed E-state index contributed by atoms with van der Waals surface area (Å²) in [7, 11) is 1.27. The molecule has 2 aromatic rings. The Morgan fingerprint density at radius 2 is 2.20 bits per heavy atom. The highest BCUT2D eigenvalue weighted by Gasteiger charge is 2.10. The monoisotopic (exact) mass is 278 g/mol. The molecule has 0 bridgehead atoms. The first-order valence-corrected chi connectivity index (χ1v) is 5.59. The number of hydrogen-bond donors (Lipinski definition) is 1. The van der Waals surface area contributed by atoms with E-state index in [4.69, 9.17) is 0 Å². The lowest BCUT2D eigenvalue weighted by molar-refractivity contribution is -0.141. The third-order valence-corrected chi connectivity index (χ3v) is 2.38. The predicted octanol–water partition coefficient (Wildman–Crippen LogP) is 0.843. The van der Waals surface area contributed by atoms with Gasteiger partial charge in [0, 0.05) is 12.4 Å². The zero-order chi connectivity index (χ0) is 14.5. The summed E-state index contributed by atoms with van der Waals surface area (Å²) in [6.07, 6.45) is 5.08. The first-order valence-electron chi connectivity index (χ1n) is 5.59. The molecular formula is C12H11FN4O3. The molecule has 1 N–H and O–H groups in total. The fourth-order valence-corrected chi connectivity index (χ4v) is 1.45. The van der Waals surface area contributed by atoms with Gasteiger partial charge in [-0.2, -0.15) is 5.10 Å². The summed E-state index contributed by atoms with van der Waals surface area (Å²) in [5, 5.41) is 6.40. The van der Waals surface area contributed by atoms with Gasteiger partial charge < -0.3 is 10.1 Å². The molecule has 0 radical (unpaired) electrons. The lowest BCUT2D eigenvalue weighted by Gasteiger charge is -2.02. The van der Waals surface area contributed by atoms with Gasteiger partial charge >= 0.3 is 5.97 Å². The van der Waals surface area contributed by atoms with Crippen molar-refractivity contribution in [2.24, 2.45) is 0 Å². The molecule has 0 aliphatic carbocycles. The number of ether oxygens (including phenoxy) is 1. The normalized spacial score (nSPS) is 10.1. The second-order valence-electron chi connectivity index (χ2n) is 3.85. The van der Waals surface area contributed by atoms with Gasteiger partial charge in [-0.25, -0.2) is 4.39 Å². The van der Waals surface area contributed by atoms with E-state index < -0.39 is 17.7 Å². The van der Waals surface area contributed by atoms with E-state index in [-0.39, 0.29) is 12.1 Å². The SMILES string of the molecule is COC(=O)Cn1cc(NC(=O)c2cncc(F)c2)cn1. The van der Waals surface area contributed by atoms with Crippen molar-refractivity contribution in [2.75, 3.05) is 12.4 Å². The van der Waals surface area contributed by atoms with E-state index in [1.54, 1.807) is 0 Å².